The van der Waals surface area contributed by atoms with Gasteiger partial charge in [0.05, 0.1) is 11.7 Å². The fourth-order valence-corrected chi connectivity index (χ4v) is 4.04. The topological polar surface area (TPSA) is 24.5 Å². The van der Waals surface area contributed by atoms with Crippen molar-refractivity contribution in [2.24, 2.45) is 0 Å². The second kappa shape index (κ2) is 6.61. The van der Waals surface area contributed by atoms with E-state index in [-0.39, 0.29) is 12.3 Å². The predicted molar refractivity (Wildman–Crippen MR) is 108 cm³/mol. The van der Waals surface area contributed by atoms with Gasteiger partial charge >= 0.3 is 0 Å². The largest absolute Gasteiger partial charge is 0.469 e. The lowest BCUT2D eigenvalue weighted by molar-refractivity contribution is -0.0325. The van der Waals surface area contributed by atoms with Gasteiger partial charge in [-0.25, -0.2) is 0 Å². The maximum absolute atomic E-state index is 6.48. The summed E-state index contributed by atoms with van der Waals surface area (Å²) in [5.41, 5.74) is 7.62. The van der Waals surface area contributed by atoms with Crippen LogP contribution in [0.25, 0.3) is 5.70 Å². The van der Waals surface area contributed by atoms with Gasteiger partial charge in [0.1, 0.15) is 5.75 Å². The Morgan fingerprint density at radius 3 is 2.44 bits per heavy atom. The Kier molecular flexibility index (Phi) is 4.09. The van der Waals surface area contributed by atoms with Crippen molar-refractivity contribution < 1.29 is 4.74 Å². The monoisotopic (exact) mass is 394 g/mol. The highest BCUT2D eigenvalue weighted by atomic mass is 35.5. The number of fused-ring (bicyclic) bond motifs is 3. The summed E-state index contributed by atoms with van der Waals surface area (Å²) in [5.74, 6) is 0.818. The van der Waals surface area contributed by atoms with Crippen molar-refractivity contribution in [1.29, 1.82) is 0 Å². The molecule has 5 heteroatoms. The highest BCUT2D eigenvalue weighted by Gasteiger charge is 2.40. The van der Waals surface area contributed by atoms with Crippen molar-refractivity contribution >= 4 is 28.9 Å². The maximum Gasteiger partial charge on any atom is 0.197 e. The van der Waals surface area contributed by atoms with Gasteiger partial charge in [0.15, 0.2) is 6.23 Å². The van der Waals surface area contributed by atoms with Crippen LogP contribution < -0.4 is 10.2 Å². The molecule has 3 nitrogen and oxygen atoms in total. The summed E-state index contributed by atoms with van der Waals surface area (Å²) < 4.78 is 6.34. The molecule has 0 aliphatic carbocycles. The summed E-state index contributed by atoms with van der Waals surface area (Å²) >= 11 is 12.7. The molecule has 0 saturated heterocycles. The fourth-order valence-electron chi connectivity index (χ4n) is 3.63. The van der Waals surface area contributed by atoms with Gasteiger partial charge in [-0.05, 0) is 35.9 Å². The predicted octanol–water partition coefficient (Wildman–Crippen LogP) is 5.99. The van der Waals surface area contributed by atoms with Gasteiger partial charge in [0.2, 0.25) is 0 Å². The number of rotatable bonds is 2. The van der Waals surface area contributed by atoms with Crippen molar-refractivity contribution in [1.82, 2.24) is 10.4 Å². The number of nitrogens with one attached hydrogen (secondary N) is 1. The Morgan fingerprint density at radius 1 is 0.852 bits per heavy atom. The van der Waals surface area contributed by atoms with Gasteiger partial charge in [-0.15, -0.1) is 0 Å². The van der Waals surface area contributed by atoms with Crippen molar-refractivity contribution in [3.63, 3.8) is 0 Å². The van der Waals surface area contributed by atoms with Crippen molar-refractivity contribution in [2.75, 3.05) is 0 Å². The molecule has 0 saturated carbocycles. The number of benzene rings is 3. The molecule has 27 heavy (non-hydrogen) atoms. The summed E-state index contributed by atoms with van der Waals surface area (Å²) in [4.78, 5) is 0. The Labute approximate surface area is 167 Å². The minimum Gasteiger partial charge on any atom is -0.469 e. The van der Waals surface area contributed by atoms with Crippen LogP contribution >= 0.6 is 23.2 Å². The first-order valence-electron chi connectivity index (χ1n) is 8.73. The van der Waals surface area contributed by atoms with Gasteiger partial charge < -0.3 is 10.2 Å². The molecule has 2 aliphatic rings. The second-order valence-electron chi connectivity index (χ2n) is 6.58. The highest BCUT2D eigenvalue weighted by Crippen LogP contribution is 2.47. The molecule has 2 heterocycles. The molecule has 3 aromatic carbocycles. The summed E-state index contributed by atoms with van der Waals surface area (Å²) in [6.45, 7) is 0. The van der Waals surface area contributed by atoms with Crippen LogP contribution in [0, 0.1) is 0 Å². The summed E-state index contributed by atoms with van der Waals surface area (Å²) in [5, 5.41) is 3.45. The van der Waals surface area contributed by atoms with E-state index in [2.05, 4.69) is 28.6 Å². The molecule has 2 aliphatic heterocycles. The van der Waals surface area contributed by atoms with E-state index in [1.54, 1.807) is 0 Å². The van der Waals surface area contributed by atoms with E-state index in [0.29, 0.717) is 10.0 Å². The Bertz CT molecular complexity index is 1040. The van der Waals surface area contributed by atoms with E-state index in [4.69, 9.17) is 27.9 Å². The molecule has 2 atom stereocenters. The SMILES string of the molecule is Clc1ccc2c(c1)[C@H]1C=C(c3ccccc3)NN1[C@H](c1ccccc1Cl)O2. The molecular weight excluding hydrogens is 379 g/mol. The minimum atomic E-state index is -0.352. The van der Waals surface area contributed by atoms with Crippen LogP contribution in [0.2, 0.25) is 10.0 Å². The second-order valence-corrected chi connectivity index (χ2v) is 7.43. The molecule has 0 fully saturated rings. The van der Waals surface area contributed by atoms with Crippen LogP contribution in [0.4, 0.5) is 0 Å². The smallest absolute Gasteiger partial charge is 0.197 e. The lowest BCUT2D eigenvalue weighted by Crippen LogP contribution is -2.43. The van der Waals surface area contributed by atoms with Gasteiger partial charge in [0, 0.05) is 21.2 Å². The normalized spacial score (nSPS) is 20.9. The van der Waals surface area contributed by atoms with E-state index < -0.39 is 0 Å². The highest BCUT2D eigenvalue weighted by molar-refractivity contribution is 6.31. The van der Waals surface area contributed by atoms with Crippen LogP contribution in [0.3, 0.4) is 0 Å². The lowest BCUT2D eigenvalue weighted by Gasteiger charge is -2.39. The van der Waals surface area contributed by atoms with Gasteiger partial charge in [-0.1, -0.05) is 71.7 Å². The Hall–Kier alpha value is -2.46. The number of nitrogens with zero attached hydrogens (tertiary/aromatic N) is 1. The number of ether oxygens (including phenoxy) is 1. The average Bonchev–Trinajstić information content (AvgIpc) is 3.15. The molecule has 0 spiro atoms. The van der Waals surface area contributed by atoms with E-state index in [1.807, 2.05) is 60.7 Å². The van der Waals surface area contributed by atoms with E-state index in [9.17, 15) is 0 Å². The molecule has 0 amide bonds. The molecule has 5 rings (SSSR count). The number of halogens is 2. The number of hydrogen-bond donors (Lipinski definition) is 1. The fraction of sp³-hybridized carbons (Fsp3) is 0.0909. The van der Waals surface area contributed by atoms with Gasteiger partial charge in [-0.2, -0.15) is 5.01 Å². The average molecular weight is 395 g/mol. The van der Waals surface area contributed by atoms with Crippen LogP contribution in [-0.4, -0.2) is 5.01 Å². The molecule has 0 bridgehead atoms. The minimum absolute atomic E-state index is 0.0103. The summed E-state index contributed by atoms with van der Waals surface area (Å²) in [7, 11) is 0. The van der Waals surface area contributed by atoms with Gasteiger partial charge in [0.25, 0.3) is 0 Å². The number of hydrogen-bond acceptors (Lipinski definition) is 3. The molecule has 3 aromatic rings. The zero-order chi connectivity index (χ0) is 18.4. The standard InChI is InChI=1S/C22H16Cl2N2O/c23-15-10-11-21-17(12-15)20-13-19(14-6-2-1-3-7-14)25-26(20)22(27-21)16-8-4-5-9-18(16)24/h1-13,20,22,25H/t20-,22+/m1/s1. The molecule has 0 unspecified atom stereocenters. The van der Waals surface area contributed by atoms with Crippen LogP contribution in [0.5, 0.6) is 5.75 Å². The molecule has 0 aromatic heterocycles. The van der Waals surface area contributed by atoms with E-state index in [0.717, 1.165) is 28.1 Å². The first-order chi connectivity index (χ1) is 13.2. The summed E-state index contributed by atoms with van der Waals surface area (Å²) in [6, 6.07) is 23.7. The molecule has 0 radical (unpaired) electrons. The van der Waals surface area contributed by atoms with Crippen molar-refractivity contribution in [3.05, 3.63) is 106 Å². The van der Waals surface area contributed by atoms with Gasteiger partial charge in [-0.3, -0.25) is 0 Å². The zero-order valence-corrected chi connectivity index (χ0v) is 15.8. The quantitative estimate of drug-likeness (QED) is 0.577. The first-order valence-corrected chi connectivity index (χ1v) is 9.49. The van der Waals surface area contributed by atoms with E-state index >= 15 is 0 Å². The van der Waals surface area contributed by atoms with E-state index in [1.165, 1.54) is 0 Å². The van der Waals surface area contributed by atoms with Crippen molar-refractivity contribution in [2.45, 2.75) is 12.3 Å². The van der Waals surface area contributed by atoms with Crippen LogP contribution in [-0.2, 0) is 0 Å². The van der Waals surface area contributed by atoms with Crippen molar-refractivity contribution in [3.8, 4) is 5.75 Å². The molecule has 1 N–H and O–H groups in total. The third-order valence-electron chi connectivity index (χ3n) is 4.91. The zero-order valence-electron chi connectivity index (χ0n) is 14.3. The summed E-state index contributed by atoms with van der Waals surface area (Å²) in [6.07, 6.45) is 1.85. The maximum atomic E-state index is 6.48. The Morgan fingerprint density at radius 2 is 1.63 bits per heavy atom. The Balaban J connectivity index is 1.63. The molecular formula is C22H16Cl2N2O. The third kappa shape index (κ3) is 2.88. The molecule has 134 valence electrons. The third-order valence-corrected chi connectivity index (χ3v) is 5.49. The lowest BCUT2D eigenvalue weighted by atomic mass is 10.0. The van der Waals surface area contributed by atoms with Crippen LogP contribution in [0.15, 0.2) is 78.9 Å². The first kappa shape index (κ1) is 16.7. The number of hydrazine groups is 1. The van der Waals surface area contributed by atoms with Crippen LogP contribution in [0.1, 0.15) is 29.0 Å².